The molecule has 1 aromatic carbocycles. The fourth-order valence-corrected chi connectivity index (χ4v) is 0.692. The van der Waals surface area contributed by atoms with E-state index in [1.54, 1.807) is 0 Å². The van der Waals surface area contributed by atoms with Gasteiger partial charge < -0.3 is 4.74 Å². The molecule has 0 aromatic heterocycles. The van der Waals surface area contributed by atoms with Gasteiger partial charge in [0.05, 0.1) is 13.7 Å². The van der Waals surface area contributed by atoms with E-state index in [1.807, 2.05) is 30.3 Å². The van der Waals surface area contributed by atoms with Gasteiger partial charge in [0, 0.05) is 18.9 Å². The van der Waals surface area contributed by atoms with E-state index in [-0.39, 0.29) is 18.9 Å². The van der Waals surface area contributed by atoms with Crippen molar-refractivity contribution in [1.82, 2.24) is 0 Å². The molecule has 1 aromatic rings. The Balaban J connectivity index is 0.000000810. The zero-order valence-corrected chi connectivity index (χ0v) is 6.21. The van der Waals surface area contributed by atoms with Gasteiger partial charge in [-0.1, -0.05) is 30.3 Å². The molecule has 1 rings (SSSR count). The summed E-state index contributed by atoms with van der Waals surface area (Å²) in [6.07, 6.45) is 0. The molecule has 0 fully saturated rings. The number of rotatable bonds is 2. The average Bonchev–Trinajstić information content (AvgIpc) is 1.91. The van der Waals surface area contributed by atoms with Gasteiger partial charge in [-0.2, -0.15) is 0 Å². The van der Waals surface area contributed by atoms with Crippen LogP contribution in [0.2, 0.25) is 0 Å². The van der Waals surface area contributed by atoms with Gasteiger partial charge in [0.1, 0.15) is 0 Å². The van der Waals surface area contributed by atoms with Crippen molar-refractivity contribution in [2.75, 3.05) is 0 Å². The molecule has 1 nitrogen and oxygen atoms in total. The number of hydrogen-bond acceptors (Lipinski definition) is 1. The molecule has 10 heavy (non-hydrogen) atoms. The first-order valence-electron chi connectivity index (χ1n) is 2.84. The minimum atomic E-state index is 0. The Bertz CT molecular complexity index is 162. The first kappa shape index (κ1) is 9.78. The van der Waals surface area contributed by atoms with Crippen LogP contribution < -0.4 is 0 Å². The summed E-state index contributed by atoms with van der Waals surface area (Å²) in [5.74, 6) is 0. The summed E-state index contributed by atoms with van der Waals surface area (Å²) in [5.41, 5.74) is 1.16. The first-order chi connectivity index (χ1) is 4.43. The van der Waals surface area contributed by atoms with Gasteiger partial charge in [-0.25, -0.2) is 0 Å². The maximum Gasteiger partial charge on any atom is 0.0718 e. The number of hydrogen-bond donors (Lipinski definition) is 0. The molecule has 0 aliphatic carbocycles. The monoisotopic (exact) mass is 128 g/mol. The zero-order valence-electron chi connectivity index (χ0n) is 6.21. The molecule has 0 bridgehead atoms. The normalized spacial score (nSPS) is 8.50. The standard InChI is InChI=1S/C8H9O.Li/c1-9-7-8-5-3-2-4-6-8;/h2-6H,1,7H2;. The van der Waals surface area contributed by atoms with E-state index in [9.17, 15) is 0 Å². The van der Waals surface area contributed by atoms with Crippen molar-refractivity contribution < 1.29 is 4.74 Å². The van der Waals surface area contributed by atoms with Gasteiger partial charge >= 0.3 is 0 Å². The summed E-state index contributed by atoms with van der Waals surface area (Å²) in [4.78, 5) is 0. The van der Waals surface area contributed by atoms with Crippen LogP contribution >= 0.6 is 0 Å². The van der Waals surface area contributed by atoms with Crippen LogP contribution in [0.1, 0.15) is 5.56 Å². The molecule has 0 heterocycles. The molecule has 0 aliphatic rings. The van der Waals surface area contributed by atoms with Crippen LogP contribution in [0.5, 0.6) is 0 Å². The van der Waals surface area contributed by atoms with Gasteiger partial charge in [-0.3, -0.25) is 0 Å². The van der Waals surface area contributed by atoms with Crippen molar-refractivity contribution in [3.8, 4) is 0 Å². The van der Waals surface area contributed by atoms with Crippen molar-refractivity contribution in [2.24, 2.45) is 0 Å². The summed E-state index contributed by atoms with van der Waals surface area (Å²) in [7, 11) is 3.28. The van der Waals surface area contributed by atoms with Gasteiger partial charge in [0.25, 0.3) is 0 Å². The SMILES string of the molecule is [CH2]OCc1ccccc1.[Li]. The van der Waals surface area contributed by atoms with Crippen molar-refractivity contribution in [3.05, 3.63) is 43.0 Å². The smallest absolute Gasteiger partial charge is 0.0718 e. The Morgan fingerprint density at radius 1 is 1.20 bits per heavy atom. The summed E-state index contributed by atoms with van der Waals surface area (Å²) < 4.78 is 4.68. The van der Waals surface area contributed by atoms with Crippen molar-refractivity contribution in [3.63, 3.8) is 0 Å². The van der Waals surface area contributed by atoms with Crippen LogP contribution in [0.15, 0.2) is 30.3 Å². The quantitative estimate of drug-likeness (QED) is 0.550. The molecule has 48 valence electrons. The molecular weight excluding hydrogens is 119 g/mol. The molecule has 0 saturated heterocycles. The fourth-order valence-electron chi connectivity index (χ4n) is 0.692. The van der Waals surface area contributed by atoms with Crippen LogP contribution in [0.3, 0.4) is 0 Å². The molecule has 0 atom stereocenters. The second kappa shape index (κ2) is 5.55. The summed E-state index contributed by atoms with van der Waals surface area (Å²) in [6, 6.07) is 9.95. The number of ether oxygens (including phenoxy) is 1. The first-order valence-corrected chi connectivity index (χ1v) is 2.84. The molecule has 0 spiro atoms. The predicted molar refractivity (Wildman–Crippen MR) is 42.3 cm³/mol. The van der Waals surface area contributed by atoms with Gasteiger partial charge in [-0.15, -0.1) is 0 Å². The third kappa shape index (κ3) is 3.08. The largest absolute Gasteiger partial charge is 0.374 e. The predicted octanol–water partition coefficient (Wildman–Crippen LogP) is 1.61. The molecule has 0 N–H and O–H groups in total. The van der Waals surface area contributed by atoms with Crippen LogP contribution in [0, 0.1) is 7.11 Å². The number of benzene rings is 1. The minimum Gasteiger partial charge on any atom is -0.374 e. The maximum absolute atomic E-state index is 4.68. The van der Waals surface area contributed by atoms with E-state index in [1.165, 1.54) is 0 Å². The van der Waals surface area contributed by atoms with Gasteiger partial charge in [0.2, 0.25) is 0 Å². The van der Waals surface area contributed by atoms with E-state index in [0.29, 0.717) is 6.61 Å². The zero-order chi connectivity index (χ0) is 6.53. The summed E-state index contributed by atoms with van der Waals surface area (Å²) >= 11 is 0. The average molecular weight is 128 g/mol. The van der Waals surface area contributed by atoms with Crippen LogP contribution in [-0.4, -0.2) is 18.9 Å². The third-order valence-corrected chi connectivity index (χ3v) is 1.11. The van der Waals surface area contributed by atoms with E-state index >= 15 is 0 Å². The molecule has 2 radical (unpaired) electrons. The fraction of sp³-hybridized carbons (Fsp3) is 0.125. The summed E-state index contributed by atoms with van der Waals surface area (Å²) in [6.45, 7) is 0.598. The van der Waals surface area contributed by atoms with Crippen molar-refractivity contribution in [1.29, 1.82) is 0 Å². The molecule has 0 unspecified atom stereocenters. The molecular formula is C8H9LiO. The molecule has 2 heteroatoms. The van der Waals surface area contributed by atoms with E-state index in [4.69, 9.17) is 0 Å². The van der Waals surface area contributed by atoms with Gasteiger partial charge in [-0.05, 0) is 5.56 Å². The maximum atomic E-state index is 4.68. The summed E-state index contributed by atoms with van der Waals surface area (Å²) in [5, 5.41) is 0. The van der Waals surface area contributed by atoms with Gasteiger partial charge in [0.15, 0.2) is 0 Å². The Labute approximate surface area is 73.6 Å². The van der Waals surface area contributed by atoms with Crippen LogP contribution in [0.4, 0.5) is 0 Å². The Hall–Kier alpha value is -0.223. The second-order valence-corrected chi connectivity index (χ2v) is 1.83. The Kier molecular flexibility index (Phi) is 5.43. The third-order valence-electron chi connectivity index (χ3n) is 1.11. The van der Waals surface area contributed by atoms with Crippen LogP contribution in [0.25, 0.3) is 0 Å². The Morgan fingerprint density at radius 3 is 2.30 bits per heavy atom. The molecule has 0 saturated carbocycles. The van der Waals surface area contributed by atoms with E-state index in [2.05, 4.69) is 11.8 Å². The Morgan fingerprint density at radius 2 is 1.80 bits per heavy atom. The second-order valence-electron chi connectivity index (χ2n) is 1.83. The minimum absolute atomic E-state index is 0. The topological polar surface area (TPSA) is 9.23 Å². The van der Waals surface area contributed by atoms with E-state index < -0.39 is 0 Å². The molecule has 0 aliphatic heterocycles. The van der Waals surface area contributed by atoms with E-state index in [0.717, 1.165) is 5.56 Å². The van der Waals surface area contributed by atoms with Crippen molar-refractivity contribution in [2.45, 2.75) is 6.61 Å². The van der Waals surface area contributed by atoms with Crippen LogP contribution in [-0.2, 0) is 11.3 Å². The van der Waals surface area contributed by atoms with Crippen molar-refractivity contribution >= 4 is 18.9 Å². The molecule has 0 amide bonds.